The first-order chi connectivity index (χ1) is 9.06. The molecule has 0 radical (unpaired) electrons. The second-order valence-corrected chi connectivity index (χ2v) is 4.04. The second kappa shape index (κ2) is 7.06. The number of hydrogen-bond acceptors (Lipinski definition) is 4. The van der Waals surface area contributed by atoms with Gasteiger partial charge in [-0.3, -0.25) is 9.78 Å². The highest BCUT2D eigenvalue weighted by Gasteiger charge is 2.06. The Morgan fingerprint density at radius 3 is 2.42 bits per heavy atom. The highest BCUT2D eigenvalue weighted by molar-refractivity contribution is 6.04. The van der Waals surface area contributed by atoms with Gasteiger partial charge < -0.3 is 11.1 Å². The van der Waals surface area contributed by atoms with Crippen LogP contribution in [0.4, 0.5) is 5.69 Å². The molecule has 0 saturated heterocycles. The van der Waals surface area contributed by atoms with Crippen LogP contribution in [-0.2, 0) is 0 Å². The van der Waals surface area contributed by atoms with E-state index in [1.165, 1.54) is 12.5 Å². The van der Waals surface area contributed by atoms with Crippen molar-refractivity contribution in [3.8, 4) is 0 Å². The summed E-state index contributed by atoms with van der Waals surface area (Å²) in [5, 5.41) is 7.06. The number of hydrogen-bond donors (Lipinski definition) is 2. The summed E-state index contributed by atoms with van der Waals surface area (Å²) in [5.41, 5.74) is 8.26. The fraction of sp³-hybridized carbons (Fsp3) is 0.133. The monoisotopic (exact) mass is 255 g/mol. The van der Waals surface area contributed by atoms with Gasteiger partial charge in [-0.05, 0) is 31.5 Å². The van der Waals surface area contributed by atoms with Crippen LogP contribution in [0.5, 0.6) is 0 Å². The molecule has 19 heavy (non-hydrogen) atoms. The lowest BCUT2D eigenvalue weighted by Crippen LogP contribution is -2.02. The normalized spacial score (nSPS) is 9.16. The molecule has 0 bridgehead atoms. The zero-order valence-electron chi connectivity index (χ0n) is 11.1. The minimum atomic E-state index is -0.0687. The van der Waals surface area contributed by atoms with Crippen molar-refractivity contribution in [1.82, 2.24) is 4.98 Å². The maximum absolute atomic E-state index is 11.0. The first-order valence-electron chi connectivity index (χ1n) is 5.82. The number of ketones is 1. The van der Waals surface area contributed by atoms with Crippen LogP contribution < -0.4 is 5.73 Å². The first kappa shape index (κ1) is 14.6. The summed E-state index contributed by atoms with van der Waals surface area (Å²) in [6, 6.07) is 8.99. The molecule has 0 fully saturated rings. The zero-order chi connectivity index (χ0) is 14.3. The number of nitrogens with one attached hydrogen (secondary N) is 1. The molecule has 0 amide bonds. The molecule has 98 valence electrons. The summed E-state index contributed by atoms with van der Waals surface area (Å²) in [6.45, 7) is 3.48. The molecular formula is C15H17N3O. The van der Waals surface area contributed by atoms with E-state index in [-0.39, 0.29) is 5.78 Å². The molecule has 0 aliphatic rings. The number of carbonyl (C=O) groups is 1. The highest BCUT2D eigenvalue weighted by Crippen LogP contribution is 2.14. The molecule has 4 nitrogen and oxygen atoms in total. The second-order valence-electron chi connectivity index (χ2n) is 4.04. The quantitative estimate of drug-likeness (QED) is 0.492. The first-order valence-corrected chi connectivity index (χ1v) is 5.82. The number of carbonyl (C=O) groups excluding carboxylic acids is 1. The van der Waals surface area contributed by atoms with Crippen molar-refractivity contribution in [1.29, 1.82) is 5.41 Å². The molecule has 2 rings (SSSR count). The number of Topliss-reactive ketones (excluding diaryl/α,β-unsaturated/α-hetero) is 1. The van der Waals surface area contributed by atoms with Crippen molar-refractivity contribution in [3.63, 3.8) is 0 Å². The Morgan fingerprint density at radius 1 is 1.32 bits per heavy atom. The molecule has 0 spiro atoms. The number of pyridine rings is 1. The Bertz CT molecular complexity index is 565. The van der Waals surface area contributed by atoms with Gasteiger partial charge in [0.1, 0.15) is 0 Å². The minimum Gasteiger partial charge on any atom is -0.398 e. The summed E-state index contributed by atoms with van der Waals surface area (Å²) in [6.07, 6.45) is 4.71. The average molecular weight is 255 g/mol. The van der Waals surface area contributed by atoms with Crippen molar-refractivity contribution >= 4 is 17.7 Å². The van der Waals surface area contributed by atoms with E-state index in [1.807, 2.05) is 25.3 Å². The smallest absolute Gasteiger partial charge is 0.160 e. The van der Waals surface area contributed by atoms with Crippen LogP contribution in [0.2, 0.25) is 0 Å². The summed E-state index contributed by atoms with van der Waals surface area (Å²) in [4.78, 5) is 14.9. The fourth-order valence-corrected chi connectivity index (χ4v) is 1.50. The molecule has 0 aliphatic heterocycles. The van der Waals surface area contributed by atoms with E-state index in [9.17, 15) is 4.79 Å². The summed E-state index contributed by atoms with van der Waals surface area (Å²) < 4.78 is 0. The number of rotatable bonds is 2. The third-order valence-electron chi connectivity index (χ3n) is 2.47. The molecule has 2 aromatic rings. The van der Waals surface area contributed by atoms with E-state index in [4.69, 9.17) is 11.1 Å². The highest BCUT2D eigenvalue weighted by atomic mass is 16.1. The lowest BCUT2D eigenvalue weighted by Gasteiger charge is -2.03. The fourth-order valence-electron chi connectivity index (χ4n) is 1.50. The van der Waals surface area contributed by atoms with Gasteiger partial charge in [-0.15, -0.1) is 0 Å². The standard InChI is InChI=1S/C9H10N2O.C6H7N/c1-6(12)7-3-2-4-9(11)8(7)5-10;1-6-3-2-4-7-5-6/h2-5,10H,11H2,1H3;2-5H,1H3. The van der Waals surface area contributed by atoms with Crippen molar-refractivity contribution in [2.24, 2.45) is 0 Å². The summed E-state index contributed by atoms with van der Waals surface area (Å²) in [7, 11) is 0. The molecular weight excluding hydrogens is 238 g/mol. The van der Waals surface area contributed by atoms with Gasteiger partial charge in [0.05, 0.1) is 0 Å². The SMILES string of the molecule is CC(=O)c1cccc(N)c1C=N.Cc1cccnc1. The van der Waals surface area contributed by atoms with Gasteiger partial charge in [0.2, 0.25) is 0 Å². The van der Waals surface area contributed by atoms with Crippen molar-refractivity contribution in [2.45, 2.75) is 13.8 Å². The molecule has 1 aromatic carbocycles. The van der Waals surface area contributed by atoms with Crippen molar-refractivity contribution < 1.29 is 4.79 Å². The van der Waals surface area contributed by atoms with Crippen LogP contribution in [-0.4, -0.2) is 17.0 Å². The molecule has 0 saturated carbocycles. The molecule has 4 heteroatoms. The number of aromatic nitrogens is 1. The average Bonchev–Trinajstić information content (AvgIpc) is 2.40. The van der Waals surface area contributed by atoms with Gasteiger partial charge in [-0.25, -0.2) is 0 Å². The van der Waals surface area contributed by atoms with Crippen LogP contribution in [0.25, 0.3) is 0 Å². The van der Waals surface area contributed by atoms with Gasteiger partial charge in [-0.2, -0.15) is 0 Å². The Balaban J connectivity index is 0.000000218. The number of nitrogens with two attached hydrogens (primary N) is 1. The van der Waals surface area contributed by atoms with Crippen molar-refractivity contribution in [2.75, 3.05) is 5.73 Å². The van der Waals surface area contributed by atoms with Gasteiger partial charge in [-0.1, -0.05) is 18.2 Å². The molecule has 3 N–H and O–H groups in total. The summed E-state index contributed by atoms with van der Waals surface area (Å²) >= 11 is 0. The van der Waals surface area contributed by atoms with E-state index >= 15 is 0 Å². The Kier molecular flexibility index (Phi) is 5.41. The zero-order valence-corrected chi connectivity index (χ0v) is 11.1. The third kappa shape index (κ3) is 4.35. The van der Waals surface area contributed by atoms with E-state index < -0.39 is 0 Å². The van der Waals surface area contributed by atoms with E-state index in [0.29, 0.717) is 16.8 Å². The van der Waals surface area contributed by atoms with E-state index in [1.54, 1.807) is 24.4 Å². The number of anilines is 1. The lowest BCUT2D eigenvalue weighted by atomic mass is 10.0. The number of nitrogens with zero attached hydrogens (tertiary/aromatic N) is 1. The van der Waals surface area contributed by atoms with Gasteiger partial charge in [0, 0.05) is 35.4 Å². The van der Waals surface area contributed by atoms with Crippen LogP contribution >= 0.6 is 0 Å². The van der Waals surface area contributed by atoms with Crippen LogP contribution in [0.3, 0.4) is 0 Å². The van der Waals surface area contributed by atoms with Crippen molar-refractivity contribution in [3.05, 3.63) is 59.4 Å². The predicted octanol–water partition coefficient (Wildman–Crippen LogP) is 2.86. The lowest BCUT2D eigenvalue weighted by molar-refractivity contribution is 0.101. The van der Waals surface area contributed by atoms with Gasteiger partial charge >= 0.3 is 0 Å². The van der Waals surface area contributed by atoms with Crippen LogP contribution in [0, 0.1) is 12.3 Å². The molecule has 0 aliphatic carbocycles. The Morgan fingerprint density at radius 2 is 2.05 bits per heavy atom. The predicted molar refractivity (Wildman–Crippen MR) is 77.7 cm³/mol. The number of nitrogen functional groups attached to an aromatic ring is 1. The third-order valence-corrected chi connectivity index (χ3v) is 2.47. The maximum atomic E-state index is 11.0. The number of benzene rings is 1. The molecule has 0 atom stereocenters. The minimum absolute atomic E-state index is 0.0687. The van der Waals surface area contributed by atoms with Crippen LogP contribution in [0.15, 0.2) is 42.7 Å². The Labute approximate surface area is 112 Å². The largest absolute Gasteiger partial charge is 0.398 e. The maximum Gasteiger partial charge on any atom is 0.160 e. The van der Waals surface area contributed by atoms with Crippen LogP contribution in [0.1, 0.15) is 28.4 Å². The topological polar surface area (TPSA) is 79.8 Å². The molecule has 1 aromatic heterocycles. The van der Waals surface area contributed by atoms with Gasteiger partial charge in [0.15, 0.2) is 5.78 Å². The number of aryl methyl sites for hydroxylation is 1. The molecule has 0 unspecified atom stereocenters. The van der Waals surface area contributed by atoms with E-state index in [0.717, 1.165) is 6.21 Å². The van der Waals surface area contributed by atoms with E-state index in [2.05, 4.69) is 4.98 Å². The Hall–Kier alpha value is -2.49. The van der Waals surface area contributed by atoms with Gasteiger partial charge in [0.25, 0.3) is 0 Å². The summed E-state index contributed by atoms with van der Waals surface area (Å²) in [5.74, 6) is -0.0687. The molecule has 1 heterocycles.